The summed E-state index contributed by atoms with van der Waals surface area (Å²) in [4.78, 5) is 0. The van der Waals surface area contributed by atoms with Gasteiger partial charge in [0.2, 0.25) is 0 Å². The van der Waals surface area contributed by atoms with Gasteiger partial charge >= 0.3 is 0 Å². The van der Waals surface area contributed by atoms with Gasteiger partial charge in [-0.15, -0.1) is 0 Å². The van der Waals surface area contributed by atoms with Crippen molar-refractivity contribution in [3.05, 3.63) is 69.2 Å². The van der Waals surface area contributed by atoms with Crippen LogP contribution in [0.1, 0.15) is 24.1 Å². The molecule has 21 heavy (non-hydrogen) atoms. The summed E-state index contributed by atoms with van der Waals surface area (Å²) in [6.07, 6.45) is 0. The second-order valence-electron chi connectivity index (χ2n) is 4.38. The highest BCUT2D eigenvalue weighted by Crippen LogP contribution is 2.33. The molecule has 1 nitrogen and oxygen atoms in total. The standard InChI is InChI=1S/C15H12BrF4N/c1-2-21-15(12-9(17)4-3-5-10(12)18)13-11(19)7-6-8(16)14(13)20/h3-7,15,21H,2H2,1H3. The number of nitrogens with one attached hydrogen (secondary N) is 1. The number of hydrogen-bond donors (Lipinski definition) is 1. The summed E-state index contributed by atoms with van der Waals surface area (Å²) in [7, 11) is 0. The van der Waals surface area contributed by atoms with Gasteiger partial charge in [-0.1, -0.05) is 13.0 Å². The molecule has 0 aliphatic heterocycles. The molecule has 1 N–H and O–H groups in total. The molecule has 0 aliphatic carbocycles. The highest BCUT2D eigenvalue weighted by Gasteiger charge is 2.27. The first-order valence-corrected chi connectivity index (χ1v) is 7.07. The van der Waals surface area contributed by atoms with E-state index in [2.05, 4.69) is 21.2 Å². The van der Waals surface area contributed by atoms with Crippen LogP contribution in [0.4, 0.5) is 17.6 Å². The Kier molecular flexibility index (Phi) is 5.00. The van der Waals surface area contributed by atoms with E-state index in [1.54, 1.807) is 6.92 Å². The molecule has 2 aromatic rings. The Morgan fingerprint density at radius 2 is 1.52 bits per heavy atom. The summed E-state index contributed by atoms with van der Waals surface area (Å²) in [5.41, 5.74) is -0.828. The Bertz CT molecular complexity index is 640. The van der Waals surface area contributed by atoms with Gasteiger partial charge in [0.05, 0.1) is 10.5 Å². The van der Waals surface area contributed by atoms with Crippen molar-refractivity contribution in [1.29, 1.82) is 0 Å². The molecule has 0 aromatic heterocycles. The van der Waals surface area contributed by atoms with Gasteiger partial charge in [0.15, 0.2) is 0 Å². The third kappa shape index (κ3) is 3.11. The van der Waals surface area contributed by atoms with E-state index in [4.69, 9.17) is 0 Å². The molecular formula is C15H12BrF4N. The lowest BCUT2D eigenvalue weighted by Gasteiger charge is -2.21. The lowest BCUT2D eigenvalue weighted by Crippen LogP contribution is -2.26. The minimum atomic E-state index is -1.26. The molecule has 0 saturated carbocycles. The summed E-state index contributed by atoms with van der Waals surface area (Å²) in [5, 5.41) is 2.72. The summed E-state index contributed by atoms with van der Waals surface area (Å²) in [6, 6.07) is 4.30. The van der Waals surface area contributed by atoms with Gasteiger partial charge in [-0.3, -0.25) is 0 Å². The van der Waals surface area contributed by atoms with Crippen LogP contribution in [0.25, 0.3) is 0 Å². The molecule has 2 rings (SSSR count). The maximum Gasteiger partial charge on any atom is 0.145 e. The number of benzene rings is 2. The van der Waals surface area contributed by atoms with Gasteiger partial charge in [-0.2, -0.15) is 0 Å². The average Bonchev–Trinajstić information content (AvgIpc) is 2.43. The van der Waals surface area contributed by atoms with Crippen LogP contribution in [-0.2, 0) is 0 Å². The largest absolute Gasteiger partial charge is 0.306 e. The Labute approximate surface area is 128 Å². The zero-order valence-corrected chi connectivity index (χ0v) is 12.6. The lowest BCUT2D eigenvalue weighted by molar-refractivity contribution is 0.471. The van der Waals surface area contributed by atoms with Gasteiger partial charge in [0.25, 0.3) is 0 Å². The third-order valence-electron chi connectivity index (χ3n) is 3.06. The number of hydrogen-bond acceptors (Lipinski definition) is 1. The topological polar surface area (TPSA) is 12.0 Å². The van der Waals surface area contributed by atoms with Crippen molar-refractivity contribution in [2.45, 2.75) is 13.0 Å². The fourth-order valence-electron chi connectivity index (χ4n) is 2.15. The van der Waals surface area contributed by atoms with E-state index in [0.29, 0.717) is 0 Å². The second kappa shape index (κ2) is 6.58. The van der Waals surface area contributed by atoms with Crippen LogP contribution in [0.5, 0.6) is 0 Å². The minimum absolute atomic E-state index is 0.0264. The molecule has 0 fully saturated rings. The highest BCUT2D eigenvalue weighted by atomic mass is 79.9. The molecule has 1 atom stereocenters. The van der Waals surface area contributed by atoms with Crippen LogP contribution < -0.4 is 5.32 Å². The van der Waals surface area contributed by atoms with Crippen LogP contribution in [0.2, 0.25) is 0 Å². The predicted octanol–water partition coefficient (Wildman–Crippen LogP) is 4.70. The maximum atomic E-state index is 14.2. The lowest BCUT2D eigenvalue weighted by atomic mass is 9.96. The molecule has 112 valence electrons. The van der Waals surface area contributed by atoms with Crippen molar-refractivity contribution in [2.24, 2.45) is 0 Å². The molecule has 1 unspecified atom stereocenters. The Morgan fingerprint density at radius 3 is 2.10 bits per heavy atom. The van der Waals surface area contributed by atoms with Crippen molar-refractivity contribution in [2.75, 3.05) is 6.54 Å². The monoisotopic (exact) mass is 361 g/mol. The number of rotatable bonds is 4. The van der Waals surface area contributed by atoms with Gasteiger partial charge in [-0.05, 0) is 46.7 Å². The van der Waals surface area contributed by atoms with Gasteiger partial charge in [0.1, 0.15) is 23.3 Å². The smallest absolute Gasteiger partial charge is 0.145 e. The summed E-state index contributed by atoms with van der Waals surface area (Å²) < 4.78 is 56.1. The first-order chi connectivity index (χ1) is 9.97. The Balaban J connectivity index is 2.68. The quantitative estimate of drug-likeness (QED) is 0.614. The molecule has 0 aliphatic rings. The summed E-state index contributed by atoms with van der Waals surface area (Å²) >= 11 is 2.95. The fourth-order valence-corrected chi connectivity index (χ4v) is 2.49. The van der Waals surface area contributed by atoms with Crippen molar-refractivity contribution in [3.8, 4) is 0 Å². The second-order valence-corrected chi connectivity index (χ2v) is 5.24. The highest BCUT2D eigenvalue weighted by molar-refractivity contribution is 9.10. The van der Waals surface area contributed by atoms with Gasteiger partial charge in [0, 0.05) is 11.1 Å². The van der Waals surface area contributed by atoms with Crippen molar-refractivity contribution in [1.82, 2.24) is 5.32 Å². The molecule has 6 heteroatoms. The van der Waals surface area contributed by atoms with E-state index in [1.165, 1.54) is 12.1 Å². The molecule has 0 amide bonds. The van der Waals surface area contributed by atoms with Crippen molar-refractivity contribution >= 4 is 15.9 Å². The van der Waals surface area contributed by atoms with Crippen molar-refractivity contribution in [3.63, 3.8) is 0 Å². The molecule has 0 heterocycles. The van der Waals surface area contributed by atoms with E-state index in [-0.39, 0.29) is 11.0 Å². The van der Waals surface area contributed by atoms with E-state index in [9.17, 15) is 17.6 Å². The molecular weight excluding hydrogens is 350 g/mol. The van der Waals surface area contributed by atoms with Crippen LogP contribution in [-0.4, -0.2) is 6.54 Å². The molecule has 0 spiro atoms. The molecule has 0 bridgehead atoms. The van der Waals surface area contributed by atoms with Crippen LogP contribution in [0.3, 0.4) is 0 Å². The SMILES string of the molecule is CCNC(c1c(F)cccc1F)c1c(F)ccc(Br)c1F. The minimum Gasteiger partial charge on any atom is -0.306 e. The summed E-state index contributed by atoms with van der Waals surface area (Å²) in [6.45, 7) is 1.96. The average molecular weight is 362 g/mol. The number of halogens is 5. The van der Waals surface area contributed by atoms with Gasteiger partial charge in [-0.25, -0.2) is 17.6 Å². The Hall–Kier alpha value is -1.40. The normalized spacial score (nSPS) is 12.5. The first-order valence-electron chi connectivity index (χ1n) is 6.28. The summed E-state index contributed by atoms with van der Waals surface area (Å²) in [5.74, 6) is -3.48. The van der Waals surface area contributed by atoms with E-state index in [1.807, 2.05) is 0 Å². The van der Waals surface area contributed by atoms with Crippen molar-refractivity contribution < 1.29 is 17.6 Å². The molecule has 0 radical (unpaired) electrons. The molecule has 2 aromatic carbocycles. The van der Waals surface area contributed by atoms with Crippen LogP contribution in [0.15, 0.2) is 34.8 Å². The van der Waals surface area contributed by atoms with E-state index >= 15 is 0 Å². The maximum absolute atomic E-state index is 14.2. The zero-order valence-electron chi connectivity index (χ0n) is 11.1. The van der Waals surface area contributed by atoms with E-state index < -0.39 is 40.4 Å². The van der Waals surface area contributed by atoms with E-state index in [0.717, 1.165) is 18.2 Å². The van der Waals surface area contributed by atoms with Gasteiger partial charge < -0.3 is 5.32 Å². The Morgan fingerprint density at radius 1 is 0.952 bits per heavy atom. The zero-order chi connectivity index (χ0) is 15.6. The van der Waals surface area contributed by atoms with Crippen LogP contribution in [0, 0.1) is 23.3 Å². The first kappa shape index (κ1) is 16.0. The molecule has 0 saturated heterocycles. The van der Waals surface area contributed by atoms with Crippen LogP contribution >= 0.6 is 15.9 Å². The fraction of sp³-hybridized carbons (Fsp3) is 0.200. The third-order valence-corrected chi connectivity index (χ3v) is 3.68. The predicted molar refractivity (Wildman–Crippen MR) is 75.9 cm³/mol.